The summed E-state index contributed by atoms with van der Waals surface area (Å²) >= 11 is 7.61. The van der Waals surface area contributed by atoms with Gasteiger partial charge >= 0.3 is 0 Å². The number of benzene rings is 2. The number of hydrogen-bond donors (Lipinski definition) is 1. The van der Waals surface area contributed by atoms with Gasteiger partial charge < -0.3 is 9.73 Å². The molecule has 0 spiro atoms. The molecule has 0 saturated heterocycles. The fourth-order valence-electron chi connectivity index (χ4n) is 2.48. The molecule has 6 heteroatoms. The molecule has 4 nitrogen and oxygen atoms in total. The van der Waals surface area contributed by atoms with Crippen LogP contribution in [0.3, 0.4) is 0 Å². The molecule has 4 aromatic rings. The van der Waals surface area contributed by atoms with Gasteiger partial charge in [0.25, 0.3) is 5.91 Å². The normalized spacial score (nSPS) is 11.0. The maximum Gasteiger partial charge on any atom is 0.291 e. The van der Waals surface area contributed by atoms with Crippen LogP contribution >= 0.6 is 22.9 Å². The summed E-state index contributed by atoms with van der Waals surface area (Å²) in [5, 5.41) is 4.18. The van der Waals surface area contributed by atoms with Gasteiger partial charge in [-0.15, -0.1) is 11.3 Å². The third-order valence-corrected chi connectivity index (χ3v) is 5.31. The molecule has 0 aliphatic rings. The Labute approximate surface area is 153 Å². The summed E-state index contributed by atoms with van der Waals surface area (Å²) in [6, 6.07) is 16.7. The van der Waals surface area contributed by atoms with E-state index in [9.17, 15) is 4.79 Å². The molecule has 0 aliphatic carbocycles. The first kappa shape index (κ1) is 15.9. The molecule has 1 amide bonds. The van der Waals surface area contributed by atoms with Crippen LogP contribution in [0.15, 0.2) is 59.0 Å². The number of amides is 1. The molecule has 0 aliphatic heterocycles. The van der Waals surface area contributed by atoms with Crippen LogP contribution in [-0.2, 0) is 0 Å². The van der Waals surface area contributed by atoms with Gasteiger partial charge in [0.05, 0.1) is 10.2 Å². The van der Waals surface area contributed by atoms with E-state index in [1.54, 1.807) is 30.3 Å². The fourth-order valence-corrected chi connectivity index (χ4v) is 3.58. The van der Waals surface area contributed by atoms with E-state index < -0.39 is 0 Å². The standard InChI is InChI=1S/C19H13ClN2O2S/c1-11-12(20)5-4-7-13(11)21-18(23)15-9-10-16(24-15)19-22-14-6-2-3-8-17(14)25-19/h2-10H,1H3,(H,21,23). The van der Waals surface area contributed by atoms with Crippen LogP contribution in [0.5, 0.6) is 0 Å². The SMILES string of the molecule is Cc1c(Cl)cccc1NC(=O)c1ccc(-c2nc3ccccc3s2)o1. The fraction of sp³-hybridized carbons (Fsp3) is 0.0526. The number of aromatic nitrogens is 1. The Hall–Kier alpha value is -2.63. The molecule has 0 bridgehead atoms. The Morgan fingerprint density at radius 1 is 1.12 bits per heavy atom. The summed E-state index contributed by atoms with van der Waals surface area (Å²) in [5.74, 6) is 0.487. The number of furan rings is 1. The zero-order chi connectivity index (χ0) is 17.4. The quantitative estimate of drug-likeness (QED) is 0.499. The second-order valence-electron chi connectivity index (χ2n) is 5.52. The summed E-state index contributed by atoms with van der Waals surface area (Å²) in [6.07, 6.45) is 0. The number of fused-ring (bicyclic) bond motifs is 1. The molecule has 2 aromatic carbocycles. The summed E-state index contributed by atoms with van der Waals surface area (Å²) in [6.45, 7) is 1.85. The van der Waals surface area contributed by atoms with Crippen molar-refractivity contribution in [1.29, 1.82) is 0 Å². The van der Waals surface area contributed by atoms with Crippen LogP contribution in [0.2, 0.25) is 5.02 Å². The van der Waals surface area contributed by atoms with Gasteiger partial charge in [-0.25, -0.2) is 4.98 Å². The molecule has 25 heavy (non-hydrogen) atoms. The molecule has 0 fully saturated rings. The van der Waals surface area contributed by atoms with Crippen molar-refractivity contribution in [2.24, 2.45) is 0 Å². The Bertz CT molecular complexity index is 1050. The minimum absolute atomic E-state index is 0.230. The van der Waals surface area contributed by atoms with Crippen molar-refractivity contribution >= 4 is 44.7 Å². The molecule has 0 atom stereocenters. The average molecular weight is 369 g/mol. The second kappa shape index (κ2) is 6.35. The lowest BCUT2D eigenvalue weighted by atomic mass is 10.2. The molecular formula is C19H13ClN2O2S. The monoisotopic (exact) mass is 368 g/mol. The van der Waals surface area contributed by atoms with Crippen molar-refractivity contribution in [2.45, 2.75) is 6.92 Å². The van der Waals surface area contributed by atoms with E-state index >= 15 is 0 Å². The number of halogens is 1. The van der Waals surface area contributed by atoms with Gasteiger partial charge in [-0.3, -0.25) is 4.79 Å². The minimum Gasteiger partial charge on any atom is -0.448 e. The first-order chi connectivity index (χ1) is 12.1. The molecule has 2 heterocycles. The van der Waals surface area contributed by atoms with Gasteiger partial charge in [-0.05, 0) is 48.9 Å². The number of rotatable bonds is 3. The van der Waals surface area contributed by atoms with Crippen LogP contribution in [-0.4, -0.2) is 10.9 Å². The first-order valence-electron chi connectivity index (χ1n) is 7.64. The van der Waals surface area contributed by atoms with Gasteiger partial charge in [0.2, 0.25) is 0 Å². The number of thiazole rings is 1. The number of hydrogen-bond acceptors (Lipinski definition) is 4. The Kier molecular flexibility index (Phi) is 4.03. The second-order valence-corrected chi connectivity index (χ2v) is 6.96. The van der Waals surface area contributed by atoms with Crippen LogP contribution in [0.25, 0.3) is 21.0 Å². The zero-order valence-electron chi connectivity index (χ0n) is 13.2. The third kappa shape index (κ3) is 3.04. The van der Waals surface area contributed by atoms with E-state index in [1.807, 2.05) is 31.2 Å². The van der Waals surface area contributed by atoms with Gasteiger partial charge in [0, 0.05) is 10.7 Å². The molecule has 2 aromatic heterocycles. The van der Waals surface area contributed by atoms with Crippen molar-refractivity contribution in [1.82, 2.24) is 4.98 Å². The number of nitrogens with one attached hydrogen (secondary N) is 1. The molecule has 0 saturated carbocycles. The third-order valence-electron chi connectivity index (χ3n) is 3.85. The van der Waals surface area contributed by atoms with Crippen LogP contribution in [0.1, 0.15) is 16.1 Å². The molecule has 124 valence electrons. The molecule has 1 N–H and O–H groups in total. The Balaban J connectivity index is 1.60. The van der Waals surface area contributed by atoms with E-state index in [0.717, 1.165) is 20.8 Å². The summed E-state index contributed by atoms with van der Waals surface area (Å²) in [7, 11) is 0. The highest BCUT2D eigenvalue weighted by Gasteiger charge is 2.16. The van der Waals surface area contributed by atoms with Gasteiger partial charge in [-0.2, -0.15) is 0 Å². The van der Waals surface area contributed by atoms with Crippen molar-refractivity contribution in [2.75, 3.05) is 5.32 Å². The maximum absolute atomic E-state index is 12.4. The van der Waals surface area contributed by atoms with Crippen LogP contribution < -0.4 is 5.32 Å². The van der Waals surface area contributed by atoms with Crippen LogP contribution in [0, 0.1) is 6.92 Å². The summed E-state index contributed by atoms with van der Waals surface area (Å²) < 4.78 is 6.78. The predicted octanol–water partition coefficient (Wildman–Crippen LogP) is 5.77. The van der Waals surface area contributed by atoms with Crippen molar-refractivity contribution < 1.29 is 9.21 Å². The number of carbonyl (C=O) groups is 1. The largest absolute Gasteiger partial charge is 0.448 e. The average Bonchev–Trinajstić information content (AvgIpc) is 3.25. The highest BCUT2D eigenvalue weighted by Crippen LogP contribution is 2.31. The van der Waals surface area contributed by atoms with E-state index in [4.69, 9.17) is 16.0 Å². The van der Waals surface area contributed by atoms with Crippen molar-refractivity contribution in [3.63, 3.8) is 0 Å². The Morgan fingerprint density at radius 2 is 1.96 bits per heavy atom. The molecular weight excluding hydrogens is 356 g/mol. The van der Waals surface area contributed by atoms with Crippen molar-refractivity contribution in [3.05, 3.63) is 70.9 Å². The molecule has 0 unspecified atom stereocenters. The maximum atomic E-state index is 12.4. The number of carbonyl (C=O) groups excluding carboxylic acids is 1. The van der Waals surface area contributed by atoms with E-state index in [2.05, 4.69) is 10.3 Å². The summed E-state index contributed by atoms with van der Waals surface area (Å²) in [4.78, 5) is 17.0. The molecule has 4 rings (SSSR count). The van der Waals surface area contributed by atoms with Gasteiger partial charge in [-0.1, -0.05) is 29.8 Å². The Morgan fingerprint density at radius 3 is 2.80 bits per heavy atom. The topological polar surface area (TPSA) is 55.1 Å². The highest BCUT2D eigenvalue weighted by molar-refractivity contribution is 7.21. The number of anilines is 1. The highest BCUT2D eigenvalue weighted by atomic mass is 35.5. The predicted molar refractivity (Wildman–Crippen MR) is 101 cm³/mol. The smallest absolute Gasteiger partial charge is 0.291 e. The lowest BCUT2D eigenvalue weighted by molar-refractivity contribution is 0.0997. The van der Waals surface area contributed by atoms with Crippen molar-refractivity contribution in [3.8, 4) is 10.8 Å². The number of para-hydroxylation sites is 1. The minimum atomic E-state index is -0.322. The first-order valence-corrected chi connectivity index (χ1v) is 8.83. The van der Waals surface area contributed by atoms with E-state index in [1.165, 1.54) is 11.3 Å². The van der Waals surface area contributed by atoms with E-state index in [-0.39, 0.29) is 11.7 Å². The zero-order valence-corrected chi connectivity index (χ0v) is 14.8. The van der Waals surface area contributed by atoms with Crippen LogP contribution in [0.4, 0.5) is 5.69 Å². The van der Waals surface area contributed by atoms with Gasteiger partial charge in [0.15, 0.2) is 16.5 Å². The van der Waals surface area contributed by atoms with Gasteiger partial charge in [0.1, 0.15) is 0 Å². The lowest BCUT2D eigenvalue weighted by Crippen LogP contribution is -2.11. The molecule has 0 radical (unpaired) electrons. The summed E-state index contributed by atoms with van der Waals surface area (Å²) in [5.41, 5.74) is 2.39. The lowest BCUT2D eigenvalue weighted by Gasteiger charge is -2.07. The number of nitrogens with zero attached hydrogens (tertiary/aromatic N) is 1. The van der Waals surface area contributed by atoms with E-state index in [0.29, 0.717) is 16.5 Å².